The number of nitrogen functional groups attached to an aromatic ring is 1. The Hall–Kier alpha value is -1.70. The van der Waals surface area contributed by atoms with Crippen molar-refractivity contribution in [2.75, 3.05) is 18.1 Å². The summed E-state index contributed by atoms with van der Waals surface area (Å²) in [6.07, 6.45) is 7.15. The minimum absolute atomic E-state index is 0. The van der Waals surface area contributed by atoms with Crippen molar-refractivity contribution in [3.05, 3.63) is 77.8 Å². The zero-order chi connectivity index (χ0) is 20.1. The number of halogens is 2. The SMILES string of the molecule is Cl.Nc1ccc(SC[C@@H]2CO[C@](CCc3ccc(Cl)cc3)(Cn3ccnc3)O2)cc1. The van der Waals surface area contributed by atoms with E-state index in [0.717, 1.165) is 29.3 Å². The number of thioether (sulfide) groups is 1. The van der Waals surface area contributed by atoms with Crippen LogP contribution in [0.2, 0.25) is 5.02 Å². The van der Waals surface area contributed by atoms with Crippen LogP contribution in [-0.4, -0.2) is 33.8 Å². The van der Waals surface area contributed by atoms with Crippen LogP contribution in [0.4, 0.5) is 5.69 Å². The van der Waals surface area contributed by atoms with Gasteiger partial charge in [-0.05, 0) is 48.4 Å². The van der Waals surface area contributed by atoms with Crippen molar-refractivity contribution in [1.82, 2.24) is 9.55 Å². The van der Waals surface area contributed by atoms with Gasteiger partial charge in [-0.25, -0.2) is 4.98 Å². The van der Waals surface area contributed by atoms with Gasteiger partial charge >= 0.3 is 0 Å². The predicted molar refractivity (Wildman–Crippen MR) is 124 cm³/mol. The molecule has 2 atom stereocenters. The van der Waals surface area contributed by atoms with E-state index in [-0.39, 0.29) is 18.5 Å². The van der Waals surface area contributed by atoms with E-state index in [0.29, 0.717) is 13.2 Å². The van der Waals surface area contributed by atoms with Crippen molar-refractivity contribution in [3.63, 3.8) is 0 Å². The summed E-state index contributed by atoms with van der Waals surface area (Å²) in [5.41, 5.74) is 7.75. The molecule has 0 saturated carbocycles. The lowest BCUT2D eigenvalue weighted by atomic mass is 10.0. The number of aromatic nitrogens is 2. The van der Waals surface area contributed by atoms with E-state index >= 15 is 0 Å². The summed E-state index contributed by atoms with van der Waals surface area (Å²) in [6.45, 7) is 1.20. The van der Waals surface area contributed by atoms with Crippen LogP contribution in [0.5, 0.6) is 0 Å². The second-order valence-corrected chi connectivity index (χ2v) is 8.73. The third kappa shape index (κ3) is 6.15. The van der Waals surface area contributed by atoms with Gasteiger partial charge in [0.1, 0.15) is 0 Å². The van der Waals surface area contributed by atoms with E-state index in [1.165, 1.54) is 10.5 Å². The number of nitrogens with zero attached hydrogens (tertiary/aromatic N) is 2. The largest absolute Gasteiger partial charge is 0.399 e. The summed E-state index contributed by atoms with van der Waals surface area (Å²) in [4.78, 5) is 5.33. The Bertz CT molecular complexity index is 907. The fourth-order valence-electron chi connectivity index (χ4n) is 3.39. The quantitative estimate of drug-likeness (QED) is 0.371. The molecule has 1 saturated heterocycles. The maximum atomic E-state index is 6.47. The molecule has 0 spiro atoms. The first-order chi connectivity index (χ1) is 14.1. The highest BCUT2D eigenvalue weighted by Gasteiger charge is 2.41. The van der Waals surface area contributed by atoms with Gasteiger partial charge in [0, 0.05) is 40.2 Å². The van der Waals surface area contributed by atoms with E-state index in [1.54, 1.807) is 24.3 Å². The Kier molecular flexibility index (Phi) is 8.08. The lowest BCUT2D eigenvalue weighted by molar-refractivity contribution is -0.180. The average molecular weight is 466 g/mol. The number of ether oxygens (including phenoxy) is 2. The summed E-state index contributed by atoms with van der Waals surface area (Å²) in [5.74, 6) is 0.170. The van der Waals surface area contributed by atoms with Gasteiger partial charge in [0.25, 0.3) is 0 Å². The Balaban J connectivity index is 0.00000256. The summed E-state index contributed by atoms with van der Waals surface area (Å²) < 4.78 is 14.7. The third-order valence-corrected chi connectivity index (χ3v) is 6.32. The number of hydrogen-bond donors (Lipinski definition) is 1. The summed E-state index contributed by atoms with van der Waals surface area (Å²) in [7, 11) is 0. The van der Waals surface area contributed by atoms with E-state index in [4.69, 9.17) is 26.8 Å². The highest BCUT2D eigenvalue weighted by molar-refractivity contribution is 7.99. The maximum absolute atomic E-state index is 6.47. The monoisotopic (exact) mass is 465 g/mol. The molecule has 1 aliphatic heterocycles. The molecular weight excluding hydrogens is 441 g/mol. The maximum Gasteiger partial charge on any atom is 0.187 e. The van der Waals surface area contributed by atoms with Crippen molar-refractivity contribution in [2.24, 2.45) is 0 Å². The van der Waals surface area contributed by atoms with Gasteiger partial charge in [-0.3, -0.25) is 0 Å². The molecule has 1 fully saturated rings. The molecule has 8 heteroatoms. The summed E-state index contributed by atoms with van der Waals surface area (Å²) in [5, 5.41) is 0.745. The molecule has 1 aliphatic rings. The van der Waals surface area contributed by atoms with Crippen LogP contribution in [0.1, 0.15) is 12.0 Å². The molecule has 0 radical (unpaired) electrons. The fraction of sp³-hybridized carbons (Fsp3) is 0.318. The number of anilines is 1. The van der Waals surface area contributed by atoms with Gasteiger partial charge in [-0.15, -0.1) is 24.2 Å². The molecule has 2 heterocycles. The number of rotatable bonds is 8. The lowest BCUT2D eigenvalue weighted by Gasteiger charge is -2.28. The Morgan fingerprint density at radius 1 is 1.17 bits per heavy atom. The zero-order valence-electron chi connectivity index (χ0n) is 16.4. The van der Waals surface area contributed by atoms with E-state index in [1.807, 2.05) is 47.2 Å². The first-order valence-electron chi connectivity index (χ1n) is 9.61. The van der Waals surface area contributed by atoms with Crippen molar-refractivity contribution >= 4 is 41.5 Å². The highest BCUT2D eigenvalue weighted by Crippen LogP contribution is 2.33. The number of imidazole rings is 1. The standard InChI is InChI=1S/C22H24ClN3O2S.ClH/c23-18-3-1-17(2-4-18)9-10-22(15-26-12-11-25-16-26)27-13-20(28-22)14-29-21-7-5-19(24)6-8-21;/h1-8,11-12,16,20H,9-10,13-15,24H2;1H/t20-,22-;/m0./s1. The molecular formula is C22H25Cl2N3O2S. The van der Waals surface area contributed by atoms with Crippen molar-refractivity contribution in [1.29, 1.82) is 0 Å². The van der Waals surface area contributed by atoms with Gasteiger partial charge in [0.05, 0.1) is 25.6 Å². The van der Waals surface area contributed by atoms with Crippen LogP contribution >= 0.6 is 35.8 Å². The minimum atomic E-state index is -0.660. The van der Waals surface area contributed by atoms with Crippen molar-refractivity contribution < 1.29 is 9.47 Å². The molecule has 30 heavy (non-hydrogen) atoms. The molecule has 0 amide bonds. The van der Waals surface area contributed by atoms with Crippen LogP contribution < -0.4 is 5.73 Å². The van der Waals surface area contributed by atoms with Crippen LogP contribution in [0.25, 0.3) is 0 Å². The molecule has 160 valence electrons. The van der Waals surface area contributed by atoms with Gasteiger partial charge < -0.3 is 19.8 Å². The Morgan fingerprint density at radius 3 is 2.63 bits per heavy atom. The van der Waals surface area contributed by atoms with Gasteiger partial charge in [0.2, 0.25) is 0 Å². The molecule has 4 rings (SSSR count). The number of aryl methyl sites for hydroxylation is 1. The Morgan fingerprint density at radius 2 is 1.93 bits per heavy atom. The van der Waals surface area contributed by atoms with E-state index < -0.39 is 5.79 Å². The molecule has 0 aliphatic carbocycles. The summed E-state index contributed by atoms with van der Waals surface area (Å²) >= 11 is 7.76. The molecule has 3 aromatic rings. The normalized spacial score (nSPS) is 20.8. The molecule has 0 bridgehead atoms. The number of benzene rings is 2. The first-order valence-corrected chi connectivity index (χ1v) is 11.0. The Labute approximate surface area is 192 Å². The second kappa shape index (κ2) is 10.6. The minimum Gasteiger partial charge on any atom is -0.399 e. The van der Waals surface area contributed by atoms with Crippen LogP contribution in [0.3, 0.4) is 0 Å². The molecule has 2 aromatic carbocycles. The molecule has 5 nitrogen and oxygen atoms in total. The van der Waals surface area contributed by atoms with Gasteiger partial charge in [0.15, 0.2) is 5.79 Å². The van der Waals surface area contributed by atoms with Gasteiger partial charge in [-0.2, -0.15) is 0 Å². The number of hydrogen-bond acceptors (Lipinski definition) is 5. The number of nitrogens with two attached hydrogens (primary N) is 1. The van der Waals surface area contributed by atoms with Crippen LogP contribution in [0, 0.1) is 0 Å². The molecule has 2 N–H and O–H groups in total. The highest BCUT2D eigenvalue weighted by atomic mass is 35.5. The zero-order valence-corrected chi connectivity index (χ0v) is 18.8. The second-order valence-electron chi connectivity index (χ2n) is 7.20. The third-order valence-electron chi connectivity index (χ3n) is 4.92. The predicted octanol–water partition coefficient (Wildman–Crippen LogP) is 5.08. The van der Waals surface area contributed by atoms with Crippen LogP contribution in [-0.2, 0) is 22.4 Å². The van der Waals surface area contributed by atoms with Crippen molar-refractivity contribution in [3.8, 4) is 0 Å². The average Bonchev–Trinajstić information content (AvgIpc) is 3.38. The topological polar surface area (TPSA) is 62.3 Å². The first kappa shape index (κ1) is 23.0. The van der Waals surface area contributed by atoms with Crippen molar-refractivity contribution in [2.45, 2.75) is 36.2 Å². The molecule has 0 unspecified atom stereocenters. The van der Waals surface area contributed by atoms with Crippen LogP contribution in [0.15, 0.2) is 72.1 Å². The molecule has 1 aromatic heterocycles. The smallest absolute Gasteiger partial charge is 0.187 e. The van der Waals surface area contributed by atoms with E-state index in [9.17, 15) is 0 Å². The fourth-order valence-corrected chi connectivity index (χ4v) is 4.39. The van der Waals surface area contributed by atoms with E-state index in [2.05, 4.69) is 17.1 Å². The summed E-state index contributed by atoms with van der Waals surface area (Å²) in [6, 6.07) is 15.9. The van der Waals surface area contributed by atoms with Gasteiger partial charge in [-0.1, -0.05) is 23.7 Å². The lowest BCUT2D eigenvalue weighted by Crippen LogP contribution is -2.37.